The fraction of sp³-hybridized carbons (Fsp3) is 0.400. The summed E-state index contributed by atoms with van der Waals surface area (Å²) >= 11 is 6.35. The van der Waals surface area contributed by atoms with Gasteiger partial charge in [0.05, 0.1) is 25.4 Å². The zero-order chi connectivity index (χ0) is 15.4. The molecule has 2 aromatic rings. The molecule has 0 saturated heterocycles. The standard InChI is InChI=1S/C15H20ClN3O2/c1-10-12(9-18-19(10)2)8-17-7-11-5-6-13(20-3)15(21-4)14(11)16/h5-6,9,17H,7-8H2,1-4H3. The first-order valence-corrected chi connectivity index (χ1v) is 7.03. The zero-order valence-electron chi connectivity index (χ0n) is 12.7. The lowest BCUT2D eigenvalue weighted by Gasteiger charge is -2.13. The number of aromatic nitrogens is 2. The van der Waals surface area contributed by atoms with Gasteiger partial charge < -0.3 is 14.8 Å². The van der Waals surface area contributed by atoms with Gasteiger partial charge in [0.15, 0.2) is 11.5 Å². The SMILES string of the molecule is COc1ccc(CNCc2cnn(C)c2C)c(Cl)c1OC. The van der Waals surface area contributed by atoms with E-state index in [0.717, 1.165) is 17.8 Å². The van der Waals surface area contributed by atoms with Gasteiger partial charge in [-0.05, 0) is 18.6 Å². The number of rotatable bonds is 6. The molecule has 5 nitrogen and oxygen atoms in total. The summed E-state index contributed by atoms with van der Waals surface area (Å²) in [6.07, 6.45) is 1.87. The highest BCUT2D eigenvalue weighted by Crippen LogP contribution is 2.37. The summed E-state index contributed by atoms with van der Waals surface area (Å²) in [5, 5.41) is 8.17. The van der Waals surface area contributed by atoms with Crippen LogP contribution in [0, 0.1) is 6.92 Å². The number of nitrogens with zero attached hydrogens (tertiary/aromatic N) is 2. The van der Waals surface area contributed by atoms with Crippen molar-refractivity contribution < 1.29 is 9.47 Å². The van der Waals surface area contributed by atoms with E-state index in [4.69, 9.17) is 21.1 Å². The summed E-state index contributed by atoms with van der Waals surface area (Å²) < 4.78 is 12.4. The van der Waals surface area contributed by atoms with E-state index < -0.39 is 0 Å². The number of halogens is 1. The molecular formula is C15H20ClN3O2. The van der Waals surface area contributed by atoms with E-state index in [0.29, 0.717) is 23.1 Å². The van der Waals surface area contributed by atoms with Crippen molar-refractivity contribution in [2.75, 3.05) is 14.2 Å². The van der Waals surface area contributed by atoms with E-state index >= 15 is 0 Å². The number of hydrogen-bond acceptors (Lipinski definition) is 4. The topological polar surface area (TPSA) is 48.3 Å². The molecule has 1 aromatic heterocycles. The Balaban J connectivity index is 2.05. The molecule has 0 saturated carbocycles. The normalized spacial score (nSPS) is 10.7. The molecule has 0 aliphatic heterocycles. The smallest absolute Gasteiger partial charge is 0.179 e. The highest BCUT2D eigenvalue weighted by atomic mass is 35.5. The molecular weight excluding hydrogens is 290 g/mol. The van der Waals surface area contributed by atoms with E-state index in [1.54, 1.807) is 14.2 Å². The molecule has 1 heterocycles. The molecule has 0 spiro atoms. The van der Waals surface area contributed by atoms with Crippen LogP contribution in [0.2, 0.25) is 5.02 Å². The Morgan fingerprint density at radius 3 is 2.48 bits per heavy atom. The first-order chi connectivity index (χ1) is 10.1. The third-order valence-corrected chi connectivity index (χ3v) is 3.95. The van der Waals surface area contributed by atoms with Gasteiger partial charge in [0.1, 0.15) is 0 Å². The maximum Gasteiger partial charge on any atom is 0.179 e. The van der Waals surface area contributed by atoms with Gasteiger partial charge in [-0.3, -0.25) is 4.68 Å². The van der Waals surface area contributed by atoms with Crippen LogP contribution < -0.4 is 14.8 Å². The van der Waals surface area contributed by atoms with Crippen molar-refractivity contribution in [1.82, 2.24) is 15.1 Å². The summed E-state index contributed by atoms with van der Waals surface area (Å²) in [6.45, 7) is 3.44. The van der Waals surface area contributed by atoms with Crippen LogP contribution in [-0.4, -0.2) is 24.0 Å². The lowest BCUT2D eigenvalue weighted by atomic mass is 10.2. The van der Waals surface area contributed by atoms with Gasteiger partial charge in [0.2, 0.25) is 0 Å². The molecule has 0 bridgehead atoms. The van der Waals surface area contributed by atoms with Crippen molar-refractivity contribution in [1.29, 1.82) is 0 Å². The molecule has 114 valence electrons. The molecule has 0 atom stereocenters. The van der Waals surface area contributed by atoms with Gasteiger partial charge in [0, 0.05) is 31.4 Å². The Bertz CT molecular complexity index is 626. The summed E-state index contributed by atoms with van der Waals surface area (Å²) in [4.78, 5) is 0. The van der Waals surface area contributed by atoms with Crippen molar-refractivity contribution in [3.63, 3.8) is 0 Å². The Labute approximate surface area is 129 Å². The predicted octanol–water partition coefficient (Wildman–Crippen LogP) is 2.69. The Kier molecular flexibility index (Phi) is 5.09. The molecule has 0 aliphatic rings. The van der Waals surface area contributed by atoms with Crippen LogP contribution >= 0.6 is 11.6 Å². The monoisotopic (exact) mass is 309 g/mol. The maximum absolute atomic E-state index is 6.35. The van der Waals surface area contributed by atoms with E-state index in [1.165, 1.54) is 5.56 Å². The number of benzene rings is 1. The minimum absolute atomic E-state index is 0.566. The van der Waals surface area contributed by atoms with Crippen LogP contribution in [0.1, 0.15) is 16.8 Å². The maximum atomic E-state index is 6.35. The quantitative estimate of drug-likeness (QED) is 0.891. The van der Waals surface area contributed by atoms with Crippen LogP contribution in [0.5, 0.6) is 11.5 Å². The second-order valence-corrected chi connectivity index (χ2v) is 5.13. The van der Waals surface area contributed by atoms with E-state index in [2.05, 4.69) is 10.4 Å². The van der Waals surface area contributed by atoms with E-state index in [1.807, 2.05) is 37.0 Å². The third kappa shape index (κ3) is 3.31. The average Bonchev–Trinajstić information content (AvgIpc) is 2.80. The number of methoxy groups -OCH3 is 2. The number of ether oxygens (including phenoxy) is 2. The van der Waals surface area contributed by atoms with Crippen molar-refractivity contribution >= 4 is 11.6 Å². The van der Waals surface area contributed by atoms with Crippen molar-refractivity contribution in [2.45, 2.75) is 20.0 Å². The van der Waals surface area contributed by atoms with Gasteiger partial charge in [-0.25, -0.2) is 0 Å². The van der Waals surface area contributed by atoms with Crippen LogP contribution in [0.25, 0.3) is 0 Å². The molecule has 1 aromatic carbocycles. The van der Waals surface area contributed by atoms with Gasteiger partial charge in [-0.15, -0.1) is 0 Å². The minimum atomic E-state index is 0.566. The van der Waals surface area contributed by atoms with Crippen molar-refractivity contribution in [2.24, 2.45) is 7.05 Å². The van der Waals surface area contributed by atoms with Crippen LogP contribution in [0.15, 0.2) is 18.3 Å². The minimum Gasteiger partial charge on any atom is -0.493 e. The van der Waals surface area contributed by atoms with Crippen molar-refractivity contribution in [3.05, 3.63) is 40.2 Å². The zero-order valence-corrected chi connectivity index (χ0v) is 13.5. The Morgan fingerprint density at radius 2 is 1.90 bits per heavy atom. The lowest BCUT2D eigenvalue weighted by molar-refractivity contribution is 0.354. The predicted molar refractivity (Wildman–Crippen MR) is 83.0 cm³/mol. The summed E-state index contributed by atoms with van der Waals surface area (Å²) in [7, 11) is 5.11. The first-order valence-electron chi connectivity index (χ1n) is 6.66. The molecule has 2 rings (SSSR count). The third-order valence-electron chi connectivity index (χ3n) is 3.53. The molecule has 6 heteroatoms. The number of hydrogen-bond donors (Lipinski definition) is 1. The summed E-state index contributed by atoms with van der Waals surface area (Å²) in [5.74, 6) is 1.20. The van der Waals surface area contributed by atoms with Gasteiger partial charge >= 0.3 is 0 Å². The van der Waals surface area contributed by atoms with Crippen molar-refractivity contribution in [3.8, 4) is 11.5 Å². The molecule has 0 radical (unpaired) electrons. The van der Waals surface area contributed by atoms with Gasteiger partial charge in [-0.1, -0.05) is 17.7 Å². The van der Waals surface area contributed by atoms with Gasteiger partial charge in [0.25, 0.3) is 0 Å². The molecule has 0 amide bonds. The average molecular weight is 310 g/mol. The summed E-state index contributed by atoms with van der Waals surface area (Å²) in [6, 6.07) is 3.80. The van der Waals surface area contributed by atoms with Crippen LogP contribution in [0.3, 0.4) is 0 Å². The second kappa shape index (κ2) is 6.83. The summed E-state index contributed by atoms with van der Waals surface area (Å²) in [5.41, 5.74) is 3.30. The second-order valence-electron chi connectivity index (χ2n) is 4.76. The molecule has 1 N–H and O–H groups in total. The lowest BCUT2D eigenvalue weighted by Crippen LogP contribution is -2.14. The first kappa shape index (κ1) is 15.7. The largest absolute Gasteiger partial charge is 0.493 e. The highest BCUT2D eigenvalue weighted by molar-refractivity contribution is 6.33. The molecule has 0 unspecified atom stereocenters. The van der Waals surface area contributed by atoms with Crippen LogP contribution in [-0.2, 0) is 20.1 Å². The number of nitrogens with one attached hydrogen (secondary N) is 1. The fourth-order valence-electron chi connectivity index (χ4n) is 2.12. The Morgan fingerprint density at radius 1 is 1.19 bits per heavy atom. The fourth-order valence-corrected chi connectivity index (χ4v) is 2.42. The van der Waals surface area contributed by atoms with E-state index in [-0.39, 0.29) is 0 Å². The highest BCUT2D eigenvalue weighted by Gasteiger charge is 2.13. The van der Waals surface area contributed by atoms with Gasteiger partial charge in [-0.2, -0.15) is 5.10 Å². The molecule has 0 aliphatic carbocycles. The number of aryl methyl sites for hydroxylation is 1. The molecule has 21 heavy (non-hydrogen) atoms. The van der Waals surface area contributed by atoms with E-state index in [9.17, 15) is 0 Å². The molecule has 0 fully saturated rings. The Hall–Kier alpha value is -1.72. The van der Waals surface area contributed by atoms with Crippen LogP contribution in [0.4, 0.5) is 0 Å².